The van der Waals surface area contributed by atoms with Crippen LogP contribution >= 0.6 is 0 Å². The Morgan fingerprint density at radius 3 is 2.65 bits per heavy atom. The van der Waals surface area contributed by atoms with E-state index in [2.05, 4.69) is 44.8 Å². The molecule has 4 rings (SSSR count). The van der Waals surface area contributed by atoms with Crippen LogP contribution in [0.4, 0.5) is 5.69 Å². The molecule has 0 N–H and O–H groups in total. The molecule has 37 heavy (non-hydrogen) atoms. The van der Waals surface area contributed by atoms with Gasteiger partial charge < -0.3 is 14.5 Å². The van der Waals surface area contributed by atoms with Gasteiger partial charge >= 0.3 is 0 Å². The lowest BCUT2D eigenvalue weighted by Gasteiger charge is -2.47. The van der Waals surface area contributed by atoms with Crippen LogP contribution in [0.5, 0.6) is 5.75 Å². The van der Waals surface area contributed by atoms with Crippen LogP contribution in [0.2, 0.25) is 0 Å². The zero-order chi connectivity index (χ0) is 26.0. The monoisotopic (exact) mass is 507 g/mol. The number of piperidine rings is 1. The summed E-state index contributed by atoms with van der Waals surface area (Å²) in [6.07, 6.45) is 8.75. The number of para-hydroxylation sites is 2. The number of hydrogen-bond donors (Lipinski definition) is 0. The topological polar surface area (TPSA) is 52.2 Å². The van der Waals surface area contributed by atoms with Crippen molar-refractivity contribution >= 4 is 11.6 Å². The van der Waals surface area contributed by atoms with Gasteiger partial charge in [0.05, 0.1) is 12.8 Å². The number of methoxy groups -OCH3 is 1. The van der Waals surface area contributed by atoms with E-state index in [4.69, 9.17) is 4.74 Å². The molecule has 1 aromatic heterocycles. The van der Waals surface area contributed by atoms with Crippen molar-refractivity contribution in [2.75, 3.05) is 64.9 Å². The van der Waals surface area contributed by atoms with E-state index in [0.29, 0.717) is 18.4 Å². The minimum absolute atomic E-state index is 0.289. The Balaban J connectivity index is 1.39. The van der Waals surface area contributed by atoms with E-state index in [1.165, 1.54) is 11.3 Å². The quantitative estimate of drug-likeness (QED) is 0.456. The number of aromatic nitrogens is 1. The van der Waals surface area contributed by atoms with Crippen LogP contribution in [0.3, 0.4) is 0 Å². The van der Waals surface area contributed by atoms with Gasteiger partial charge in [-0.3, -0.25) is 19.6 Å². The second-order valence-corrected chi connectivity index (χ2v) is 10.6. The fourth-order valence-electron chi connectivity index (χ4n) is 5.96. The molecule has 2 aliphatic heterocycles. The van der Waals surface area contributed by atoms with E-state index in [1.54, 1.807) is 7.11 Å². The van der Waals surface area contributed by atoms with Gasteiger partial charge in [-0.15, -0.1) is 0 Å². The third-order valence-electron chi connectivity index (χ3n) is 8.12. The smallest absolute Gasteiger partial charge is 0.222 e. The number of carbonyl (C=O) groups is 1. The maximum absolute atomic E-state index is 12.9. The molecule has 2 aliphatic rings. The zero-order valence-corrected chi connectivity index (χ0v) is 23.0. The number of hydrogen-bond acceptors (Lipinski definition) is 6. The van der Waals surface area contributed by atoms with Crippen LogP contribution < -0.4 is 9.64 Å². The van der Waals surface area contributed by atoms with Gasteiger partial charge in [0.15, 0.2) is 0 Å². The van der Waals surface area contributed by atoms with E-state index >= 15 is 0 Å². The molecule has 2 fully saturated rings. The van der Waals surface area contributed by atoms with Crippen molar-refractivity contribution in [3.63, 3.8) is 0 Å². The molecule has 2 aromatic rings. The van der Waals surface area contributed by atoms with Crippen LogP contribution in [-0.2, 0) is 11.3 Å². The summed E-state index contributed by atoms with van der Waals surface area (Å²) in [6, 6.07) is 13.0. The van der Waals surface area contributed by atoms with E-state index < -0.39 is 0 Å². The summed E-state index contributed by atoms with van der Waals surface area (Å²) in [7, 11) is 3.71. The highest BCUT2D eigenvalue weighted by molar-refractivity contribution is 5.75. The number of rotatable bonds is 11. The molecule has 1 amide bonds. The molecule has 2 atom stereocenters. The van der Waals surface area contributed by atoms with Crippen molar-refractivity contribution < 1.29 is 9.53 Å². The Hall–Kier alpha value is -2.64. The number of ether oxygens (including phenoxy) is 1. The molecule has 3 heterocycles. The second-order valence-electron chi connectivity index (χ2n) is 10.6. The lowest BCUT2D eigenvalue weighted by Crippen LogP contribution is -2.56. The highest BCUT2D eigenvalue weighted by Gasteiger charge is 2.35. The Bertz CT molecular complexity index is 963. The van der Waals surface area contributed by atoms with Gasteiger partial charge in [0.1, 0.15) is 5.75 Å². The Labute approximate surface area is 223 Å². The Morgan fingerprint density at radius 2 is 1.92 bits per heavy atom. The highest BCUT2D eigenvalue weighted by atomic mass is 16.5. The van der Waals surface area contributed by atoms with E-state index in [1.807, 2.05) is 42.5 Å². The minimum atomic E-state index is 0.289. The number of piperazine rings is 1. The average molecular weight is 508 g/mol. The summed E-state index contributed by atoms with van der Waals surface area (Å²) >= 11 is 0. The summed E-state index contributed by atoms with van der Waals surface area (Å²) < 4.78 is 5.62. The summed E-state index contributed by atoms with van der Waals surface area (Å²) in [5, 5.41) is 0. The average Bonchev–Trinajstić information content (AvgIpc) is 2.95. The third-order valence-corrected chi connectivity index (χ3v) is 8.12. The third kappa shape index (κ3) is 7.45. The molecule has 7 nitrogen and oxygen atoms in total. The fourth-order valence-corrected chi connectivity index (χ4v) is 5.96. The summed E-state index contributed by atoms with van der Waals surface area (Å²) in [6.45, 7) is 10.2. The van der Waals surface area contributed by atoms with E-state index in [9.17, 15) is 4.79 Å². The van der Waals surface area contributed by atoms with Crippen LogP contribution in [0, 0.1) is 5.92 Å². The Morgan fingerprint density at radius 1 is 1.11 bits per heavy atom. The zero-order valence-electron chi connectivity index (χ0n) is 23.0. The van der Waals surface area contributed by atoms with Gasteiger partial charge in [-0.2, -0.15) is 0 Å². The molecule has 7 heteroatoms. The Kier molecular flexibility index (Phi) is 10.2. The van der Waals surface area contributed by atoms with Crippen molar-refractivity contribution in [2.45, 2.75) is 51.6 Å². The molecule has 202 valence electrons. The van der Waals surface area contributed by atoms with Gasteiger partial charge in [0.25, 0.3) is 0 Å². The molecule has 1 aromatic carbocycles. The number of unbranched alkanes of at least 4 members (excludes halogenated alkanes) is 1. The van der Waals surface area contributed by atoms with Crippen molar-refractivity contribution in [3.8, 4) is 5.75 Å². The van der Waals surface area contributed by atoms with Crippen molar-refractivity contribution in [3.05, 3.63) is 54.4 Å². The predicted molar refractivity (Wildman–Crippen MR) is 150 cm³/mol. The van der Waals surface area contributed by atoms with Crippen molar-refractivity contribution in [1.29, 1.82) is 0 Å². The number of anilines is 1. The first kappa shape index (κ1) is 27.4. The lowest BCUT2D eigenvalue weighted by atomic mass is 9.86. The summed E-state index contributed by atoms with van der Waals surface area (Å²) in [4.78, 5) is 26.8. The SMILES string of the molecule is CCCCN(C)C(=O)CC[C@H]1CN(Cc2cccnc2)CC[C@H]1N1CCN(c2ccccc2OC)CC1. The normalized spacial score (nSPS) is 21.1. The van der Waals surface area contributed by atoms with Gasteiger partial charge in [0.2, 0.25) is 5.91 Å². The van der Waals surface area contributed by atoms with Gasteiger partial charge in [-0.05, 0) is 55.5 Å². The first-order chi connectivity index (χ1) is 18.1. The fraction of sp³-hybridized carbons (Fsp3) is 0.600. The summed E-state index contributed by atoms with van der Waals surface area (Å²) in [5.74, 6) is 1.73. The van der Waals surface area contributed by atoms with Gasteiger partial charge in [0, 0.05) is 77.7 Å². The molecule has 0 aliphatic carbocycles. The molecule has 2 saturated heterocycles. The van der Waals surface area contributed by atoms with E-state index in [-0.39, 0.29) is 5.91 Å². The van der Waals surface area contributed by atoms with Gasteiger partial charge in [-0.25, -0.2) is 0 Å². The standard InChI is InChI=1S/C30H45N5O2/c1-4-5-16-32(2)30(36)13-12-26-24-33(23-25-9-8-15-31-22-25)17-14-27(26)34-18-20-35(21-19-34)28-10-6-7-11-29(28)37-3/h6-11,15,22,26-27H,4-5,12-14,16-21,23-24H2,1-3H3/t26-,27+/m0/s1. The van der Waals surface area contributed by atoms with E-state index in [0.717, 1.165) is 83.8 Å². The van der Waals surface area contributed by atoms with Crippen LogP contribution in [0.1, 0.15) is 44.6 Å². The molecule has 0 bridgehead atoms. The minimum Gasteiger partial charge on any atom is -0.495 e. The van der Waals surface area contributed by atoms with Gasteiger partial charge in [-0.1, -0.05) is 31.5 Å². The van der Waals surface area contributed by atoms with Crippen LogP contribution in [0.15, 0.2) is 48.8 Å². The number of carbonyl (C=O) groups excluding carboxylic acids is 1. The maximum atomic E-state index is 12.9. The predicted octanol–water partition coefficient (Wildman–Crippen LogP) is 4.14. The summed E-state index contributed by atoms with van der Waals surface area (Å²) in [5.41, 5.74) is 2.45. The number of likely N-dealkylation sites (tertiary alicyclic amines) is 1. The molecule has 0 unspecified atom stereocenters. The number of amides is 1. The molecular weight excluding hydrogens is 462 g/mol. The lowest BCUT2D eigenvalue weighted by molar-refractivity contribution is -0.130. The number of benzene rings is 1. The highest BCUT2D eigenvalue weighted by Crippen LogP contribution is 2.32. The number of pyridine rings is 1. The van der Waals surface area contributed by atoms with Crippen molar-refractivity contribution in [1.82, 2.24) is 19.7 Å². The largest absolute Gasteiger partial charge is 0.495 e. The first-order valence-corrected chi connectivity index (χ1v) is 14.1. The molecular formula is C30H45N5O2. The molecule has 0 saturated carbocycles. The maximum Gasteiger partial charge on any atom is 0.222 e. The first-order valence-electron chi connectivity index (χ1n) is 14.1. The molecule has 0 radical (unpaired) electrons. The van der Waals surface area contributed by atoms with Crippen LogP contribution in [-0.4, -0.2) is 91.6 Å². The second kappa shape index (κ2) is 13.8. The van der Waals surface area contributed by atoms with Crippen LogP contribution in [0.25, 0.3) is 0 Å². The van der Waals surface area contributed by atoms with Crippen molar-refractivity contribution in [2.24, 2.45) is 5.92 Å². The molecule has 0 spiro atoms. The number of nitrogens with zero attached hydrogens (tertiary/aromatic N) is 5.